The second-order valence-electron chi connectivity index (χ2n) is 11.0. The highest BCUT2D eigenvalue weighted by Gasteiger charge is 2.22. The lowest BCUT2D eigenvalue weighted by molar-refractivity contribution is -0.116. The third kappa shape index (κ3) is 8.82. The van der Waals surface area contributed by atoms with Gasteiger partial charge in [0.25, 0.3) is 5.91 Å². The average molecular weight is 575 g/mol. The number of unbranched alkanes of at least 4 members (excludes halogenated alkanes) is 3. The number of nitrogens with one attached hydrogen (secondary N) is 3. The summed E-state index contributed by atoms with van der Waals surface area (Å²) in [5, 5.41) is 9.37. The van der Waals surface area contributed by atoms with Crippen molar-refractivity contribution in [1.82, 2.24) is 10.6 Å². The van der Waals surface area contributed by atoms with Crippen LogP contribution in [-0.4, -0.2) is 24.9 Å². The zero-order chi connectivity index (χ0) is 30.6. The Morgan fingerprint density at radius 2 is 1.26 bits per heavy atom. The molecule has 6 heteroatoms. The number of rotatable bonds is 13. The molecule has 222 valence electrons. The summed E-state index contributed by atoms with van der Waals surface area (Å²) in [6, 6.07) is 23.7. The molecule has 6 nitrogen and oxygen atoms in total. The van der Waals surface area contributed by atoms with Crippen molar-refractivity contribution in [3.8, 4) is 11.1 Å². The number of fused-ring (bicyclic) bond motifs is 3. The monoisotopic (exact) mass is 574 g/mol. The fourth-order valence-electron chi connectivity index (χ4n) is 5.07. The smallest absolute Gasteiger partial charge is 0.255 e. The summed E-state index contributed by atoms with van der Waals surface area (Å²) in [4.78, 5) is 25.6. The van der Waals surface area contributed by atoms with Crippen LogP contribution in [0.15, 0.2) is 114 Å². The maximum Gasteiger partial charge on any atom is 0.255 e. The zero-order valence-corrected chi connectivity index (χ0v) is 25.4. The first-order chi connectivity index (χ1) is 20.8. The number of amides is 2. The topological polar surface area (TPSA) is 96.2 Å². The van der Waals surface area contributed by atoms with Gasteiger partial charge in [-0.2, -0.15) is 0 Å². The molecule has 0 unspecified atom stereocenters. The van der Waals surface area contributed by atoms with E-state index in [4.69, 9.17) is 5.73 Å². The van der Waals surface area contributed by atoms with Crippen molar-refractivity contribution in [3.05, 3.63) is 125 Å². The van der Waals surface area contributed by atoms with E-state index in [1.54, 1.807) is 18.2 Å². The summed E-state index contributed by atoms with van der Waals surface area (Å²) in [5.74, 6) is -0.255. The van der Waals surface area contributed by atoms with Gasteiger partial charge in [-0.3, -0.25) is 9.59 Å². The molecule has 0 saturated carbocycles. The highest BCUT2D eigenvalue weighted by atomic mass is 16.2. The van der Waals surface area contributed by atoms with E-state index in [0.29, 0.717) is 23.5 Å². The second-order valence-corrected chi connectivity index (χ2v) is 11.0. The minimum absolute atomic E-state index is 0.0506. The molecule has 0 atom stereocenters. The van der Waals surface area contributed by atoms with Gasteiger partial charge in [-0.05, 0) is 85.7 Å². The summed E-state index contributed by atoms with van der Waals surface area (Å²) in [5.41, 5.74) is 15.3. The Bertz CT molecular complexity index is 1530. The normalized spacial score (nSPS) is 12.2. The van der Waals surface area contributed by atoms with Gasteiger partial charge in [0.05, 0.1) is 11.4 Å². The molecule has 0 saturated heterocycles. The van der Waals surface area contributed by atoms with Crippen LogP contribution in [0.1, 0.15) is 57.6 Å². The Kier molecular flexibility index (Phi) is 11.1. The van der Waals surface area contributed by atoms with E-state index in [0.717, 1.165) is 60.2 Å². The fraction of sp³-hybridized carbons (Fsp3) is 0.243. The summed E-state index contributed by atoms with van der Waals surface area (Å²) < 4.78 is 0. The Labute approximate surface area is 255 Å². The van der Waals surface area contributed by atoms with Crippen LogP contribution in [0.2, 0.25) is 0 Å². The van der Waals surface area contributed by atoms with Gasteiger partial charge in [0.2, 0.25) is 5.91 Å². The first-order valence-electron chi connectivity index (χ1n) is 15.0. The Morgan fingerprint density at radius 1 is 0.698 bits per heavy atom. The van der Waals surface area contributed by atoms with Crippen LogP contribution < -0.4 is 21.7 Å². The summed E-state index contributed by atoms with van der Waals surface area (Å²) >= 11 is 0. The molecule has 1 aliphatic carbocycles. The highest BCUT2D eigenvalue weighted by molar-refractivity contribution is 6.08. The first kappa shape index (κ1) is 31.1. The Balaban J connectivity index is 1.17. The zero-order valence-electron chi connectivity index (χ0n) is 25.4. The molecule has 0 aromatic heterocycles. The molecule has 43 heavy (non-hydrogen) atoms. The molecule has 0 spiro atoms. The van der Waals surface area contributed by atoms with E-state index in [-0.39, 0.29) is 11.8 Å². The van der Waals surface area contributed by atoms with Crippen molar-refractivity contribution in [2.45, 2.75) is 46.5 Å². The van der Waals surface area contributed by atoms with Gasteiger partial charge in [-0.15, -0.1) is 0 Å². The van der Waals surface area contributed by atoms with Crippen LogP contribution in [-0.2, 0) is 9.59 Å². The van der Waals surface area contributed by atoms with Crippen molar-refractivity contribution in [3.63, 3.8) is 0 Å². The average Bonchev–Trinajstić information content (AvgIpc) is 3.31. The molecular weight excluding hydrogens is 532 g/mol. The van der Waals surface area contributed by atoms with Crippen LogP contribution in [0.3, 0.4) is 0 Å². The highest BCUT2D eigenvalue weighted by Crippen LogP contribution is 2.43. The number of hydrogen-bond donors (Lipinski definition) is 4. The maximum atomic E-state index is 12.9. The molecule has 3 aromatic carbocycles. The van der Waals surface area contributed by atoms with Crippen LogP contribution in [0, 0.1) is 0 Å². The number of anilines is 2. The molecule has 0 heterocycles. The summed E-state index contributed by atoms with van der Waals surface area (Å²) in [6.45, 7) is 7.42. The number of carbonyl (C=O) groups is 2. The molecule has 0 fully saturated rings. The van der Waals surface area contributed by atoms with Gasteiger partial charge in [0, 0.05) is 30.4 Å². The lowest BCUT2D eigenvalue weighted by Gasteiger charge is -2.09. The first-order valence-corrected chi connectivity index (χ1v) is 15.0. The lowest BCUT2D eigenvalue weighted by atomic mass is 10.0. The molecular formula is C37H42N4O2. The van der Waals surface area contributed by atoms with Crippen molar-refractivity contribution in [1.29, 1.82) is 0 Å². The van der Waals surface area contributed by atoms with Gasteiger partial charge in [-0.1, -0.05) is 85.2 Å². The number of para-hydroxylation sites is 2. The van der Waals surface area contributed by atoms with E-state index in [2.05, 4.69) is 40.2 Å². The SMILES string of the molecule is CC(C)=C/C(=C\C=C(/C)NCCCCCCNC(=O)C=C1c2ccccc2-c2ccccc21)C(=O)Nc1ccccc1N. The number of allylic oxidation sites excluding steroid dienone is 4. The van der Waals surface area contributed by atoms with E-state index in [1.165, 1.54) is 11.1 Å². The quantitative estimate of drug-likeness (QED) is 0.0580. The van der Waals surface area contributed by atoms with Gasteiger partial charge >= 0.3 is 0 Å². The van der Waals surface area contributed by atoms with Crippen molar-refractivity contribution < 1.29 is 9.59 Å². The number of nitrogen functional groups attached to an aromatic ring is 1. The van der Waals surface area contributed by atoms with E-state index < -0.39 is 0 Å². The van der Waals surface area contributed by atoms with E-state index in [1.807, 2.05) is 75.4 Å². The number of hydrogen-bond acceptors (Lipinski definition) is 4. The summed E-state index contributed by atoms with van der Waals surface area (Å²) in [7, 11) is 0. The van der Waals surface area contributed by atoms with Gasteiger partial charge in [-0.25, -0.2) is 0 Å². The predicted octanol–water partition coefficient (Wildman–Crippen LogP) is 7.38. The third-order valence-electron chi connectivity index (χ3n) is 7.23. The van der Waals surface area contributed by atoms with Crippen LogP contribution >= 0.6 is 0 Å². The maximum absolute atomic E-state index is 12.9. The molecule has 5 N–H and O–H groups in total. The molecule has 2 amide bonds. The molecule has 3 aromatic rings. The summed E-state index contributed by atoms with van der Waals surface area (Å²) in [6.07, 6.45) is 11.4. The van der Waals surface area contributed by atoms with Crippen molar-refractivity contribution in [2.75, 3.05) is 24.1 Å². The minimum atomic E-state index is -0.204. The van der Waals surface area contributed by atoms with Crippen LogP contribution in [0.25, 0.3) is 16.7 Å². The Hall–Kier alpha value is -4.84. The van der Waals surface area contributed by atoms with Crippen LogP contribution in [0.4, 0.5) is 11.4 Å². The number of nitrogens with two attached hydrogens (primary N) is 1. The number of benzene rings is 3. The molecule has 0 aliphatic heterocycles. The van der Waals surface area contributed by atoms with Crippen molar-refractivity contribution >= 4 is 28.8 Å². The standard InChI is InChI=1S/C37H42N4O2/c1-26(2)24-28(37(43)41-35-19-11-10-18-34(35)38)21-20-27(3)39-22-12-4-5-13-23-40-36(42)25-33-31-16-8-6-14-29(31)30-15-7-9-17-32(30)33/h6-11,14-21,24-25,39H,4-5,12-13,22-23,38H2,1-3H3,(H,40,42)(H,41,43)/b27-20+,28-21+. The molecule has 0 radical (unpaired) electrons. The van der Waals surface area contributed by atoms with Gasteiger partial charge in [0.1, 0.15) is 0 Å². The number of carbonyl (C=O) groups excluding carboxylic acids is 2. The minimum Gasteiger partial charge on any atom is -0.397 e. The molecule has 1 aliphatic rings. The largest absolute Gasteiger partial charge is 0.397 e. The Morgan fingerprint density at radius 3 is 1.86 bits per heavy atom. The van der Waals surface area contributed by atoms with E-state index >= 15 is 0 Å². The van der Waals surface area contributed by atoms with Gasteiger partial charge < -0.3 is 21.7 Å². The van der Waals surface area contributed by atoms with E-state index in [9.17, 15) is 9.59 Å². The third-order valence-corrected chi connectivity index (χ3v) is 7.23. The predicted molar refractivity (Wildman–Crippen MR) is 179 cm³/mol. The van der Waals surface area contributed by atoms with Gasteiger partial charge in [0.15, 0.2) is 0 Å². The molecule has 4 rings (SSSR count). The lowest BCUT2D eigenvalue weighted by Crippen LogP contribution is -2.22. The second kappa shape index (κ2) is 15.4. The van der Waals surface area contributed by atoms with Crippen molar-refractivity contribution in [2.24, 2.45) is 0 Å². The van der Waals surface area contributed by atoms with Crippen LogP contribution in [0.5, 0.6) is 0 Å². The fourth-order valence-corrected chi connectivity index (χ4v) is 5.07. The molecule has 0 bridgehead atoms.